The maximum atomic E-state index is 11.3. The van der Waals surface area contributed by atoms with Crippen LogP contribution >= 0.6 is 0 Å². The maximum absolute atomic E-state index is 11.3. The van der Waals surface area contributed by atoms with Gasteiger partial charge < -0.3 is 5.11 Å². The van der Waals surface area contributed by atoms with Crippen LogP contribution in [0.15, 0.2) is 0 Å². The van der Waals surface area contributed by atoms with E-state index in [1.807, 2.05) is 6.92 Å². The van der Waals surface area contributed by atoms with Gasteiger partial charge in [-0.1, -0.05) is 33.6 Å². The molecule has 2 atom stereocenters. The lowest BCUT2D eigenvalue weighted by atomic mass is 9.94. The molecule has 0 aromatic rings. The van der Waals surface area contributed by atoms with E-state index in [0.29, 0.717) is 5.92 Å². The molecule has 0 spiro atoms. The number of hydrogen-bond acceptors (Lipinski definition) is 2. The lowest BCUT2D eigenvalue weighted by Gasteiger charge is -2.12. The monoisotopic (exact) mass is 186 g/mol. The molecule has 0 bridgehead atoms. The van der Waals surface area contributed by atoms with Crippen LogP contribution in [0.2, 0.25) is 0 Å². The Hall–Kier alpha value is -0.370. The van der Waals surface area contributed by atoms with E-state index in [1.54, 1.807) is 6.92 Å². The Kier molecular flexibility index (Phi) is 5.97. The highest BCUT2D eigenvalue weighted by molar-refractivity contribution is 5.84. The molecule has 0 aromatic carbocycles. The summed E-state index contributed by atoms with van der Waals surface area (Å²) in [5.74, 6) is 0.691. The van der Waals surface area contributed by atoms with Crippen molar-refractivity contribution in [1.29, 1.82) is 0 Å². The molecular weight excluding hydrogens is 164 g/mol. The summed E-state index contributed by atoms with van der Waals surface area (Å²) in [5, 5.41) is 9.05. The third-order valence-electron chi connectivity index (χ3n) is 2.32. The van der Waals surface area contributed by atoms with Gasteiger partial charge in [-0.3, -0.25) is 4.79 Å². The fourth-order valence-electron chi connectivity index (χ4n) is 1.39. The van der Waals surface area contributed by atoms with E-state index >= 15 is 0 Å². The largest absolute Gasteiger partial charge is 0.386 e. The molecule has 0 heterocycles. The SMILES string of the molecule is CC(C)CCCC(C)C(=O)C(C)O. The van der Waals surface area contributed by atoms with Gasteiger partial charge in [-0.05, 0) is 19.3 Å². The van der Waals surface area contributed by atoms with Crippen LogP contribution in [-0.2, 0) is 4.79 Å². The first kappa shape index (κ1) is 12.6. The minimum atomic E-state index is -0.797. The Morgan fingerprint density at radius 2 is 1.69 bits per heavy atom. The summed E-state index contributed by atoms with van der Waals surface area (Å²) >= 11 is 0. The van der Waals surface area contributed by atoms with Crippen LogP contribution in [0.25, 0.3) is 0 Å². The Morgan fingerprint density at radius 3 is 2.08 bits per heavy atom. The molecule has 0 aliphatic heterocycles. The van der Waals surface area contributed by atoms with Gasteiger partial charge in [-0.25, -0.2) is 0 Å². The van der Waals surface area contributed by atoms with Crippen molar-refractivity contribution in [1.82, 2.24) is 0 Å². The Bertz CT molecular complexity index is 150. The fourth-order valence-corrected chi connectivity index (χ4v) is 1.39. The van der Waals surface area contributed by atoms with Gasteiger partial charge in [0.15, 0.2) is 5.78 Å². The van der Waals surface area contributed by atoms with E-state index in [-0.39, 0.29) is 11.7 Å². The number of ketones is 1. The van der Waals surface area contributed by atoms with Crippen LogP contribution in [0.4, 0.5) is 0 Å². The van der Waals surface area contributed by atoms with Crippen molar-refractivity contribution < 1.29 is 9.90 Å². The van der Waals surface area contributed by atoms with Crippen LogP contribution in [0.5, 0.6) is 0 Å². The third-order valence-corrected chi connectivity index (χ3v) is 2.32. The molecule has 0 saturated carbocycles. The van der Waals surface area contributed by atoms with Crippen molar-refractivity contribution in [3.05, 3.63) is 0 Å². The van der Waals surface area contributed by atoms with E-state index in [0.717, 1.165) is 19.3 Å². The number of rotatable bonds is 6. The van der Waals surface area contributed by atoms with Gasteiger partial charge in [-0.2, -0.15) is 0 Å². The van der Waals surface area contributed by atoms with Gasteiger partial charge in [0.2, 0.25) is 0 Å². The van der Waals surface area contributed by atoms with E-state index in [9.17, 15) is 4.79 Å². The van der Waals surface area contributed by atoms with Crippen LogP contribution < -0.4 is 0 Å². The first-order valence-corrected chi connectivity index (χ1v) is 5.17. The summed E-state index contributed by atoms with van der Waals surface area (Å²) in [7, 11) is 0. The quantitative estimate of drug-likeness (QED) is 0.691. The molecule has 0 radical (unpaired) electrons. The van der Waals surface area contributed by atoms with Gasteiger partial charge in [0.25, 0.3) is 0 Å². The Balaban J connectivity index is 3.62. The molecule has 0 aromatic heterocycles. The van der Waals surface area contributed by atoms with Crippen molar-refractivity contribution in [2.75, 3.05) is 0 Å². The molecule has 2 nitrogen and oxygen atoms in total. The highest BCUT2D eigenvalue weighted by Crippen LogP contribution is 2.14. The zero-order valence-corrected chi connectivity index (χ0v) is 9.21. The highest BCUT2D eigenvalue weighted by Gasteiger charge is 2.17. The summed E-state index contributed by atoms with van der Waals surface area (Å²) in [6.45, 7) is 7.80. The molecule has 2 heteroatoms. The number of Topliss-reactive ketones (excluding diaryl/α,β-unsaturated/α-hetero) is 1. The topological polar surface area (TPSA) is 37.3 Å². The number of carbonyl (C=O) groups excluding carboxylic acids is 1. The minimum Gasteiger partial charge on any atom is -0.386 e. The molecule has 0 saturated heterocycles. The second kappa shape index (κ2) is 6.14. The predicted octanol–water partition coefficient (Wildman–Crippen LogP) is 2.40. The minimum absolute atomic E-state index is 0.0127. The normalized spacial score (nSPS) is 15.8. The second-order valence-electron chi connectivity index (χ2n) is 4.30. The number of aliphatic hydroxyl groups is 1. The average molecular weight is 186 g/mol. The average Bonchev–Trinajstić information content (AvgIpc) is 2.02. The molecular formula is C11H22O2. The predicted molar refractivity (Wildman–Crippen MR) is 54.5 cm³/mol. The van der Waals surface area contributed by atoms with E-state index in [2.05, 4.69) is 13.8 Å². The van der Waals surface area contributed by atoms with Gasteiger partial charge in [0.1, 0.15) is 6.10 Å². The Morgan fingerprint density at radius 1 is 1.15 bits per heavy atom. The van der Waals surface area contributed by atoms with Crippen LogP contribution in [0.1, 0.15) is 47.0 Å². The van der Waals surface area contributed by atoms with Crippen LogP contribution in [-0.4, -0.2) is 17.0 Å². The maximum Gasteiger partial charge on any atom is 0.163 e. The lowest BCUT2D eigenvalue weighted by Crippen LogP contribution is -2.23. The van der Waals surface area contributed by atoms with Crippen molar-refractivity contribution in [2.24, 2.45) is 11.8 Å². The fraction of sp³-hybridized carbons (Fsp3) is 0.909. The zero-order valence-electron chi connectivity index (χ0n) is 9.21. The van der Waals surface area contributed by atoms with E-state index in [4.69, 9.17) is 5.11 Å². The third kappa shape index (κ3) is 5.81. The molecule has 0 rings (SSSR count). The van der Waals surface area contributed by atoms with Gasteiger partial charge in [0.05, 0.1) is 0 Å². The molecule has 2 unspecified atom stereocenters. The number of carbonyl (C=O) groups is 1. The molecule has 78 valence electrons. The van der Waals surface area contributed by atoms with Crippen molar-refractivity contribution in [3.63, 3.8) is 0 Å². The van der Waals surface area contributed by atoms with Crippen LogP contribution in [0.3, 0.4) is 0 Å². The van der Waals surface area contributed by atoms with E-state index in [1.165, 1.54) is 0 Å². The van der Waals surface area contributed by atoms with Crippen LogP contribution in [0, 0.1) is 11.8 Å². The summed E-state index contributed by atoms with van der Waals surface area (Å²) in [5.41, 5.74) is 0. The lowest BCUT2D eigenvalue weighted by molar-refractivity contribution is -0.130. The Labute approximate surface area is 81.3 Å². The molecule has 0 amide bonds. The van der Waals surface area contributed by atoms with Crippen molar-refractivity contribution in [2.45, 2.75) is 53.1 Å². The molecule has 0 fully saturated rings. The van der Waals surface area contributed by atoms with Gasteiger partial charge in [-0.15, -0.1) is 0 Å². The first-order valence-electron chi connectivity index (χ1n) is 5.17. The summed E-state index contributed by atoms with van der Waals surface area (Å²) in [4.78, 5) is 11.3. The molecule has 13 heavy (non-hydrogen) atoms. The van der Waals surface area contributed by atoms with Gasteiger partial charge >= 0.3 is 0 Å². The standard InChI is InChI=1S/C11H22O2/c1-8(2)6-5-7-9(3)11(13)10(4)12/h8-10,12H,5-7H2,1-4H3. The number of hydrogen-bond donors (Lipinski definition) is 1. The molecule has 1 N–H and O–H groups in total. The van der Waals surface area contributed by atoms with Crippen molar-refractivity contribution in [3.8, 4) is 0 Å². The number of aliphatic hydroxyl groups excluding tert-OH is 1. The molecule has 0 aliphatic carbocycles. The second-order valence-corrected chi connectivity index (χ2v) is 4.30. The summed E-state index contributed by atoms with van der Waals surface area (Å²) in [6, 6.07) is 0. The summed E-state index contributed by atoms with van der Waals surface area (Å²) in [6.07, 6.45) is 2.35. The summed E-state index contributed by atoms with van der Waals surface area (Å²) < 4.78 is 0. The van der Waals surface area contributed by atoms with Gasteiger partial charge in [0, 0.05) is 5.92 Å². The smallest absolute Gasteiger partial charge is 0.163 e. The van der Waals surface area contributed by atoms with Crippen molar-refractivity contribution >= 4 is 5.78 Å². The zero-order chi connectivity index (χ0) is 10.4. The van der Waals surface area contributed by atoms with E-state index < -0.39 is 6.10 Å². The first-order chi connectivity index (χ1) is 5.95. The highest BCUT2D eigenvalue weighted by atomic mass is 16.3. The molecule has 0 aliphatic rings.